The van der Waals surface area contributed by atoms with Gasteiger partial charge in [-0.1, -0.05) is 13.8 Å². The molecule has 0 aromatic rings. The smallest absolute Gasteiger partial charge is 0.108 e. The fourth-order valence-corrected chi connectivity index (χ4v) is 4.05. The maximum Gasteiger partial charge on any atom is 0.108 e. The van der Waals surface area contributed by atoms with Gasteiger partial charge < -0.3 is 4.90 Å². The number of nitriles is 1. The number of rotatable bonds is 4. The van der Waals surface area contributed by atoms with Crippen LogP contribution in [0.3, 0.4) is 0 Å². The quantitative estimate of drug-likeness (QED) is 0.852. The van der Waals surface area contributed by atoms with E-state index in [1.807, 2.05) is 0 Å². The van der Waals surface area contributed by atoms with Gasteiger partial charge in [-0.25, -0.2) is 0 Å². The first-order chi connectivity index (χ1) is 9.64. The van der Waals surface area contributed by atoms with Crippen LogP contribution in [0.5, 0.6) is 0 Å². The molecule has 1 heterocycles. The predicted molar refractivity (Wildman–Crippen MR) is 82.6 cm³/mol. The van der Waals surface area contributed by atoms with E-state index in [2.05, 4.69) is 42.1 Å². The van der Waals surface area contributed by atoms with Gasteiger partial charge in [0.2, 0.25) is 0 Å². The van der Waals surface area contributed by atoms with Crippen molar-refractivity contribution in [1.29, 1.82) is 5.26 Å². The maximum absolute atomic E-state index is 9.55. The molecule has 4 nitrogen and oxygen atoms in total. The Morgan fingerprint density at radius 1 is 1.35 bits per heavy atom. The standard InChI is InChI=1S/C16H30N4/c1-4-14-12-19(3)9-6-10-20(14)15-7-8-16(11-15,13-17)18-5-2/h14-15,18H,4-12H2,1-3H3. The SMILES string of the molecule is CCNC1(C#N)CCC(N2CCCN(C)CC2CC)C1. The van der Waals surface area contributed by atoms with E-state index in [1.165, 1.54) is 38.9 Å². The maximum atomic E-state index is 9.55. The molecule has 20 heavy (non-hydrogen) atoms. The summed E-state index contributed by atoms with van der Waals surface area (Å²) in [7, 11) is 2.24. The van der Waals surface area contributed by atoms with Crippen molar-refractivity contribution in [2.75, 3.05) is 33.2 Å². The van der Waals surface area contributed by atoms with Crippen LogP contribution in [0.2, 0.25) is 0 Å². The number of nitrogens with one attached hydrogen (secondary N) is 1. The van der Waals surface area contributed by atoms with Crippen LogP contribution < -0.4 is 5.32 Å². The van der Waals surface area contributed by atoms with Crippen molar-refractivity contribution in [3.05, 3.63) is 0 Å². The normalized spacial score (nSPS) is 36.7. The van der Waals surface area contributed by atoms with Gasteiger partial charge in [-0.05, 0) is 58.8 Å². The van der Waals surface area contributed by atoms with Gasteiger partial charge in [0.05, 0.1) is 6.07 Å². The first kappa shape index (κ1) is 15.8. The molecule has 0 amide bonds. The third kappa shape index (κ3) is 3.33. The van der Waals surface area contributed by atoms with Gasteiger partial charge in [-0.2, -0.15) is 5.26 Å². The van der Waals surface area contributed by atoms with Gasteiger partial charge in [0.15, 0.2) is 0 Å². The van der Waals surface area contributed by atoms with Crippen molar-refractivity contribution in [3.8, 4) is 6.07 Å². The first-order valence-electron chi connectivity index (χ1n) is 8.24. The monoisotopic (exact) mass is 278 g/mol. The number of nitrogens with zero attached hydrogens (tertiary/aromatic N) is 3. The van der Waals surface area contributed by atoms with Gasteiger partial charge >= 0.3 is 0 Å². The minimum absolute atomic E-state index is 0.268. The predicted octanol–water partition coefficient (Wildman–Crippen LogP) is 1.83. The van der Waals surface area contributed by atoms with Crippen LogP contribution in [0.25, 0.3) is 0 Å². The zero-order valence-electron chi connectivity index (χ0n) is 13.4. The Morgan fingerprint density at radius 3 is 2.80 bits per heavy atom. The summed E-state index contributed by atoms with van der Waals surface area (Å²) in [6, 6.07) is 3.80. The Labute approximate surface area is 124 Å². The molecular formula is C16H30N4. The minimum Gasteiger partial charge on any atom is -0.305 e. The molecule has 1 N–H and O–H groups in total. The summed E-state index contributed by atoms with van der Waals surface area (Å²) in [5, 5.41) is 13.0. The average Bonchev–Trinajstić information content (AvgIpc) is 2.77. The van der Waals surface area contributed by atoms with E-state index in [0.717, 1.165) is 19.4 Å². The summed E-state index contributed by atoms with van der Waals surface area (Å²) < 4.78 is 0. The Hall–Kier alpha value is -0.630. The van der Waals surface area contributed by atoms with Crippen molar-refractivity contribution in [1.82, 2.24) is 15.1 Å². The highest BCUT2D eigenvalue weighted by molar-refractivity contribution is 5.13. The zero-order valence-corrected chi connectivity index (χ0v) is 13.4. The lowest BCUT2D eigenvalue weighted by Crippen LogP contribution is -2.48. The topological polar surface area (TPSA) is 42.3 Å². The first-order valence-corrected chi connectivity index (χ1v) is 8.24. The van der Waals surface area contributed by atoms with E-state index in [4.69, 9.17) is 0 Å². The number of likely N-dealkylation sites (N-methyl/N-ethyl adjacent to an activating group) is 1. The summed E-state index contributed by atoms with van der Waals surface area (Å²) >= 11 is 0. The third-order valence-corrected chi connectivity index (χ3v) is 5.11. The molecule has 0 aromatic heterocycles. The minimum atomic E-state index is -0.268. The van der Waals surface area contributed by atoms with E-state index in [0.29, 0.717) is 12.1 Å². The summed E-state index contributed by atoms with van der Waals surface area (Å²) in [6.45, 7) is 8.86. The molecule has 1 saturated heterocycles. The van der Waals surface area contributed by atoms with Crippen LogP contribution in [0.15, 0.2) is 0 Å². The van der Waals surface area contributed by atoms with E-state index >= 15 is 0 Å². The molecule has 2 fully saturated rings. The lowest BCUT2D eigenvalue weighted by molar-refractivity contribution is 0.126. The molecule has 0 aromatic carbocycles. The van der Waals surface area contributed by atoms with Crippen molar-refractivity contribution < 1.29 is 0 Å². The molecule has 2 rings (SSSR count). The third-order valence-electron chi connectivity index (χ3n) is 5.11. The van der Waals surface area contributed by atoms with E-state index < -0.39 is 0 Å². The Morgan fingerprint density at radius 2 is 2.15 bits per heavy atom. The molecule has 1 aliphatic carbocycles. The highest BCUT2D eigenvalue weighted by Gasteiger charge is 2.42. The summed E-state index contributed by atoms with van der Waals surface area (Å²) in [5.41, 5.74) is -0.268. The molecule has 1 saturated carbocycles. The molecule has 114 valence electrons. The molecule has 0 radical (unpaired) electrons. The Bertz CT molecular complexity index is 351. The zero-order chi connectivity index (χ0) is 14.6. The van der Waals surface area contributed by atoms with Crippen molar-refractivity contribution in [3.63, 3.8) is 0 Å². The van der Waals surface area contributed by atoms with Crippen LogP contribution >= 0.6 is 0 Å². The molecule has 3 atom stereocenters. The fraction of sp³-hybridized carbons (Fsp3) is 0.938. The van der Waals surface area contributed by atoms with Crippen molar-refractivity contribution in [2.24, 2.45) is 0 Å². The summed E-state index contributed by atoms with van der Waals surface area (Å²) in [5.74, 6) is 0. The fourth-order valence-electron chi connectivity index (χ4n) is 4.05. The van der Waals surface area contributed by atoms with Crippen LogP contribution in [0.1, 0.15) is 46.0 Å². The average molecular weight is 278 g/mol. The molecule has 2 aliphatic rings. The van der Waals surface area contributed by atoms with Crippen LogP contribution in [0, 0.1) is 11.3 Å². The van der Waals surface area contributed by atoms with Gasteiger partial charge in [0, 0.05) is 18.6 Å². The molecule has 4 heteroatoms. The molecule has 1 aliphatic heterocycles. The van der Waals surface area contributed by atoms with Gasteiger partial charge in [-0.3, -0.25) is 10.2 Å². The second kappa shape index (κ2) is 6.89. The molecular weight excluding hydrogens is 248 g/mol. The Kier molecular flexibility index (Phi) is 5.42. The van der Waals surface area contributed by atoms with Crippen molar-refractivity contribution >= 4 is 0 Å². The lowest BCUT2D eigenvalue weighted by atomic mass is 9.98. The van der Waals surface area contributed by atoms with Gasteiger partial charge in [-0.15, -0.1) is 0 Å². The van der Waals surface area contributed by atoms with Crippen LogP contribution in [0.4, 0.5) is 0 Å². The van der Waals surface area contributed by atoms with E-state index in [-0.39, 0.29) is 5.54 Å². The van der Waals surface area contributed by atoms with Gasteiger partial charge in [0.1, 0.15) is 5.54 Å². The van der Waals surface area contributed by atoms with E-state index in [9.17, 15) is 5.26 Å². The molecule has 0 bridgehead atoms. The second-order valence-electron chi connectivity index (χ2n) is 6.54. The van der Waals surface area contributed by atoms with E-state index in [1.54, 1.807) is 0 Å². The Balaban J connectivity index is 2.05. The summed E-state index contributed by atoms with van der Waals surface area (Å²) in [4.78, 5) is 5.17. The van der Waals surface area contributed by atoms with Crippen LogP contribution in [-0.2, 0) is 0 Å². The lowest BCUT2D eigenvalue weighted by Gasteiger charge is -2.36. The van der Waals surface area contributed by atoms with Crippen LogP contribution in [-0.4, -0.2) is 60.6 Å². The van der Waals surface area contributed by atoms with Gasteiger partial charge in [0.25, 0.3) is 0 Å². The second-order valence-corrected chi connectivity index (χ2v) is 6.54. The highest BCUT2D eigenvalue weighted by Crippen LogP contribution is 2.34. The largest absolute Gasteiger partial charge is 0.305 e. The molecule has 3 unspecified atom stereocenters. The number of hydrogen-bond donors (Lipinski definition) is 1. The van der Waals surface area contributed by atoms with Crippen molar-refractivity contribution in [2.45, 2.75) is 63.6 Å². The number of hydrogen-bond acceptors (Lipinski definition) is 4. The summed E-state index contributed by atoms with van der Waals surface area (Å²) in [6.07, 6.45) is 5.63. The molecule has 0 spiro atoms. The highest BCUT2D eigenvalue weighted by atomic mass is 15.3.